The Bertz CT molecular complexity index is 378. The first kappa shape index (κ1) is 8.31. The number of aromatic nitrogens is 1. The molecule has 0 bridgehead atoms. The van der Waals surface area contributed by atoms with E-state index in [4.69, 9.17) is 21.4 Å². The summed E-state index contributed by atoms with van der Waals surface area (Å²) >= 11 is 5.70. The van der Waals surface area contributed by atoms with Crippen LogP contribution >= 0.6 is 11.6 Å². The normalized spacial score (nSPS) is 13.6. The maximum Gasteiger partial charge on any atom is 0.337 e. The van der Waals surface area contributed by atoms with Crippen LogP contribution in [0.25, 0.3) is 0 Å². The van der Waals surface area contributed by atoms with E-state index in [0.717, 1.165) is 0 Å². The first-order valence-corrected chi connectivity index (χ1v) is 4.11. The number of aromatic carboxylic acids is 1. The largest absolute Gasteiger partial charge is 0.478 e. The van der Waals surface area contributed by atoms with Gasteiger partial charge in [-0.2, -0.15) is 0 Å². The highest BCUT2D eigenvalue weighted by Gasteiger charge is 2.23. The third kappa shape index (κ3) is 1.23. The van der Waals surface area contributed by atoms with Gasteiger partial charge in [0.25, 0.3) is 0 Å². The summed E-state index contributed by atoms with van der Waals surface area (Å²) in [5.74, 6) is -0.643. The van der Waals surface area contributed by atoms with Crippen molar-refractivity contribution in [3.05, 3.63) is 22.3 Å². The van der Waals surface area contributed by atoms with Gasteiger partial charge in [0, 0.05) is 12.0 Å². The van der Waals surface area contributed by atoms with Crippen LogP contribution in [0.5, 0.6) is 5.88 Å². The summed E-state index contributed by atoms with van der Waals surface area (Å²) in [5, 5.41) is 9.03. The molecule has 0 saturated carbocycles. The summed E-state index contributed by atoms with van der Waals surface area (Å²) in [6.45, 7) is 0.475. The Hall–Kier alpha value is -1.29. The van der Waals surface area contributed by atoms with Crippen LogP contribution in [0.4, 0.5) is 0 Å². The second-order valence-electron chi connectivity index (χ2n) is 2.67. The van der Waals surface area contributed by atoms with Crippen LogP contribution in [0, 0.1) is 0 Å². The van der Waals surface area contributed by atoms with Crippen molar-refractivity contribution in [3.8, 4) is 5.88 Å². The Kier molecular flexibility index (Phi) is 1.84. The first-order chi connectivity index (χ1) is 6.20. The number of pyridine rings is 1. The second kappa shape index (κ2) is 2.88. The summed E-state index contributed by atoms with van der Waals surface area (Å²) in [4.78, 5) is 14.7. The van der Waals surface area contributed by atoms with E-state index < -0.39 is 5.97 Å². The Labute approximate surface area is 79.1 Å². The first-order valence-electron chi connectivity index (χ1n) is 3.73. The molecule has 1 aromatic rings. The summed E-state index contributed by atoms with van der Waals surface area (Å²) < 4.78 is 5.11. The van der Waals surface area contributed by atoms with Gasteiger partial charge in [0.15, 0.2) is 0 Å². The third-order valence-electron chi connectivity index (χ3n) is 1.90. The predicted octanol–water partition coefficient (Wildman–Crippen LogP) is 1.37. The lowest BCUT2D eigenvalue weighted by Gasteiger charge is -2.02. The molecule has 1 aromatic heterocycles. The number of ether oxygens (including phenoxy) is 1. The number of fused-ring (bicyclic) bond motifs is 1. The Balaban J connectivity index is 2.65. The van der Waals surface area contributed by atoms with E-state index >= 15 is 0 Å². The molecule has 0 atom stereocenters. The molecule has 2 rings (SSSR count). The van der Waals surface area contributed by atoms with Crippen LogP contribution in [0.3, 0.4) is 0 Å². The molecular weight excluding hydrogens is 194 g/mol. The van der Waals surface area contributed by atoms with Gasteiger partial charge in [-0.25, -0.2) is 9.78 Å². The summed E-state index contributed by atoms with van der Waals surface area (Å²) in [5.41, 5.74) is 0.712. The van der Waals surface area contributed by atoms with E-state index in [1.807, 2.05) is 0 Å². The number of carboxylic acids is 1. The van der Waals surface area contributed by atoms with Crippen molar-refractivity contribution in [2.24, 2.45) is 0 Å². The van der Waals surface area contributed by atoms with Crippen molar-refractivity contribution in [1.82, 2.24) is 4.98 Å². The van der Waals surface area contributed by atoms with Crippen LogP contribution in [-0.2, 0) is 6.42 Å². The van der Waals surface area contributed by atoms with Crippen LogP contribution in [0.2, 0.25) is 5.02 Å². The minimum absolute atomic E-state index is 0.115. The molecule has 1 aliphatic rings. The molecule has 0 aromatic carbocycles. The van der Waals surface area contributed by atoms with Gasteiger partial charge in [0.1, 0.15) is 0 Å². The van der Waals surface area contributed by atoms with Crippen molar-refractivity contribution >= 4 is 17.6 Å². The number of hydrogen-bond donors (Lipinski definition) is 1. The topological polar surface area (TPSA) is 59.4 Å². The zero-order valence-corrected chi connectivity index (χ0v) is 7.34. The summed E-state index contributed by atoms with van der Waals surface area (Å²) in [7, 11) is 0. The van der Waals surface area contributed by atoms with Crippen LogP contribution in [0.15, 0.2) is 6.20 Å². The molecule has 4 nitrogen and oxygen atoms in total. The van der Waals surface area contributed by atoms with E-state index in [-0.39, 0.29) is 10.6 Å². The minimum atomic E-state index is -1.03. The average Bonchev–Trinajstić information content (AvgIpc) is 2.50. The van der Waals surface area contributed by atoms with E-state index in [9.17, 15) is 4.79 Å². The molecule has 5 heteroatoms. The lowest BCUT2D eigenvalue weighted by molar-refractivity contribution is 0.0696. The van der Waals surface area contributed by atoms with E-state index in [1.165, 1.54) is 6.20 Å². The molecule has 0 fully saturated rings. The number of rotatable bonds is 1. The van der Waals surface area contributed by atoms with Gasteiger partial charge in [-0.15, -0.1) is 0 Å². The van der Waals surface area contributed by atoms with Gasteiger partial charge >= 0.3 is 5.97 Å². The zero-order chi connectivity index (χ0) is 9.42. The van der Waals surface area contributed by atoms with Gasteiger partial charge in [-0.1, -0.05) is 11.6 Å². The third-order valence-corrected chi connectivity index (χ3v) is 2.19. The molecule has 1 aliphatic heterocycles. The molecule has 2 heterocycles. The lowest BCUT2D eigenvalue weighted by atomic mass is 10.1. The van der Waals surface area contributed by atoms with E-state index in [0.29, 0.717) is 24.5 Å². The molecule has 1 N–H and O–H groups in total. The molecule has 0 saturated heterocycles. The molecule has 68 valence electrons. The quantitative estimate of drug-likeness (QED) is 0.742. The fourth-order valence-corrected chi connectivity index (χ4v) is 1.59. The number of carbonyl (C=O) groups is 1. The van der Waals surface area contributed by atoms with Crippen molar-refractivity contribution in [2.75, 3.05) is 6.61 Å². The average molecular weight is 200 g/mol. The predicted molar refractivity (Wildman–Crippen MR) is 45.4 cm³/mol. The van der Waals surface area contributed by atoms with Gasteiger partial charge < -0.3 is 9.84 Å². The Morgan fingerprint density at radius 1 is 1.69 bits per heavy atom. The molecule has 0 radical (unpaired) electrons. The van der Waals surface area contributed by atoms with Gasteiger partial charge in [0.2, 0.25) is 5.88 Å². The number of halogens is 1. The Morgan fingerprint density at radius 2 is 2.46 bits per heavy atom. The Morgan fingerprint density at radius 3 is 3.15 bits per heavy atom. The maximum atomic E-state index is 10.8. The number of carboxylic acid groups (broad SMARTS) is 1. The van der Waals surface area contributed by atoms with Gasteiger partial charge in [-0.3, -0.25) is 0 Å². The number of hydrogen-bond acceptors (Lipinski definition) is 3. The highest BCUT2D eigenvalue weighted by Crippen LogP contribution is 2.30. The van der Waals surface area contributed by atoms with E-state index in [1.54, 1.807) is 0 Å². The fourth-order valence-electron chi connectivity index (χ4n) is 1.35. The minimum Gasteiger partial charge on any atom is -0.478 e. The molecular formula is C8H6ClNO3. The van der Waals surface area contributed by atoms with Gasteiger partial charge in [-0.05, 0) is 0 Å². The standard InChI is InChI=1S/C8H6ClNO3/c9-5-3-10-7-4(1-2-13-7)6(5)8(11)12/h3H,1-2H2,(H,11,12). The van der Waals surface area contributed by atoms with Crippen LogP contribution < -0.4 is 4.74 Å². The summed E-state index contributed by atoms with van der Waals surface area (Å²) in [6, 6.07) is 0. The molecule has 0 spiro atoms. The van der Waals surface area contributed by atoms with Crippen LogP contribution in [-0.4, -0.2) is 22.7 Å². The number of nitrogens with zero attached hydrogens (tertiary/aromatic N) is 1. The van der Waals surface area contributed by atoms with Crippen LogP contribution in [0.1, 0.15) is 15.9 Å². The highest BCUT2D eigenvalue weighted by atomic mass is 35.5. The molecule has 0 amide bonds. The zero-order valence-electron chi connectivity index (χ0n) is 6.58. The van der Waals surface area contributed by atoms with Crippen molar-refractivity contribution in [1.29, 1.82) is 0 Å². The fraction of sp³-hybridized carbons (Fsp3) is 0.250. The van der Waals surface area contributed by atoms with Crippen molar-refractivity contribution in [2.45, 2.75) is 6.42 Å². The van der Waals surface area contributed by atoms with Crippen molar-refractivity contribution in [3.63, 3.8) is 0 Å². The molecule has 0 aliphatic carbocycles. The molecule has 13 heavy (non-hydrogen) atoms. The second-order valence-corrected chi connectivity index (χ2v) is 3.08. The maximum absolute atomic E-state index is 10.8. The van der Waals surface area contributed by atoms with E-state index in [2.05, 4.69) is 4.98 Å². The SMILES string of the molecule is O=C(O)c1c(Cl)cnc2c1CCO2. The van der Waals surface area contributed by atoms with Crippen molar-refractivity contribution < 1.29 is 14.6 Å². The lowest BCUT2D eigenvalue weighted by Crippen LogP contribution is -2.02. The summed E-state index contributed by atoms with van der Waals surface area (Å²) in [6.07, 6.45) is 1.86. The monoisotopic (exact) mass is 199 g/mol. The molecule has 0 unspecified atom stereocenters. The highest BCUT2D eigenvalue weighted by molar-refractivity contribution is 6.33. The van der Waals surface area contributed by atoms with Gasteiger partial charge in [0.05, 0.1) is 23.4 Å². The smallest absolute Gasteiger partial charge is 0.337 e.